The molecule has 1 aliphatic rings. The number of aromatic nitrogens is 1. The van der Waals surface area contributed by atoms with Gasteiger partial charge in [0.1, 0.15) is 5.52 Å². The Morgan fingerprint density at radius 3 is 3.00 bits per heavy atom. The summed E-state index contributed by atoms with van der Waals surface area (Å²) in [5, 5.41) is 3.59. The van der Waals surface area contributed by atoms with Crippen molar-refractivity contribution in [3.05, 3.63) is 18.2 Å². The van der Waals surface area contributed by atoms with Gasteiger partial charge in [-0.2, -0.15) is 0 Å². The van der Waals surface area contributed by atoms with E-state index in [2.05, 4.69) is 10.3 Å². The van der Waals surface area contributed by atoms with Gasteiger partial charge in [0.05, 0.1) is 5.75 Å². The third-order valence-corrected chi connectivity index (χ3v) is 4.52. The smallest absolute Gasteiger partial charge is 0.257 e. The van der Waals surface area contributed by atoms with Crippen LogP contribution >= 0.6 is 11.8 Å². The van der Waals surface area contributed by atoms with E-state index in [0.717, 1.165) is 18.4 Å². The fourth-order valence-corrected chi connectivity index (χ4v) is 3.27. The zero-order valence-electron chi connectivity index (χ0n) is 11.8. The minimum Gasteiger partial charge on any atom is -0.431 e. The highest BCUT2D eigenvalue weighted by Gasteiger charge is 2.16. The summed E-state index contributed by atoms with van der Waals surface area (Å²) in [7, 11) is 0. The van der Waals surface area contributed by atoms with E-state index >= 15 is 0 Å². The lowest BCUT2D eigenvalue weighted by molar-refractivity contribution is -0.119. The van der Waals surface area contributed by atoms with E-state index in [1.807, 2.05) is 6.07 Å². The van der Waals surface area contributed by atoms with Crippen LogP contribution in [0.25, 0.3) is 11.1 Å². The Morgan fingerprint density at radius 1 is 1.38 bits per heavy atom. The average molecular weight is 305 g/mol. The standard InChI is InChI=1S/C15H19N3O2S/c16-10-6-7-12-13(8-10)20-15(18-12)21-9-14(19)17-11-4-2-1-3-5-11/h6-8,11H,1-5,9,16H2,(H,17,19). The summed E-state index contributed by atoms with van der Waals surface area (Å²) in [5.74, 6) is 0.382. The van der Waals surface area contributed by atoms with Gasteiger partial charge < -0.3 is 15.5 Å². The first kappa shape index (κ1) is 14.3. The van der Waals surface area contributed by atoms with Crippen molar-refractivity contribution in [3.63, 3.8) is 0 Å². The third-order valence-electron chi connectivity index (χ3n) is 3.69. The zero-order chi connectivity index (χ0) is 14.7. The zero-order valence-corrected chi connectivity index (χ0v) is 12.6. The van der Waals surface area contributed by atoms with E-state index in [1.54, 1.807) is 12.1 Å². The van der Waals surface area contributed by atoms with Gasteiger partial charge in [-0.1, -0.05) is 31.0 Å². The first-order chi connectivity index (χ1) is 10.2. The Labute approximate surface area is 127 Å². The molecular formula is C15H19N3O2S. The molecule has 2 aromatic rings. The van der Waals surface area contributed by atoms with Crippen molar-refractivity contribution < 1.29 is 9.21 Å². The Kier molecular flexibility index (Phi) is 4.34. The number of rotatable bonds is 4. The molecule has 0 radical (unpaired) electrons. The summed E-state index contributed by atoms with van der Waals surface area (Å²) < 4.78 is 5.58. The molecule has 0 unspecified atom stereocenters. The molecule has 3 N–H and O–H groups in total. The van der Waals surface area contributed by atoms with E-state index in [0.29, 0.717) is 28.3 Å². The van der Waals surface area contributed by atoms with Gasteiger partial charge in [-0.3, -0.25) is 4.79 Å². The van der Waals surface area contributed by atoms with Crippen molar-refractivity contribution in [2.45, 2.75) is 43.4 Å². The van der Waals surface area contributed by atoms with Gasteiger partial charge in [0.25, 0.3) is 5.22 Å². The predicted octanol–water partition coefficient (Wildman–Crippen LogP) is 2.95. The molecule has 6 heteroatoms. The second kappa shape index (κ2) is 6.39. The Bertz CT molecular complexity index is 635. The lowest BCUT2D eigenvalue weighted by atomic mass is 9.95. The molecule has 3 rings (SSSR count). The van der Waals surface area contributed by atoms with Crippen LogP contribution in [0.4, 0.5) is 5.69 Å². The van der Waals surface area contributed by atoms with E-state index in [1.165, 1.54) is 31.0 Å². The first-order valence-electron chi connectivity index (χ1n) is 7.29. The third kappa shape index (κ3) is 3.69. The average Bonchev–Trinajstić information content (AvgIpc) is 2.88. The quantitative estimate of drug-likeness (QED) is 0.670. The highest BCUT2D eigenvalue weighted by molar-refractivity contribution is 7.99. The molecule has 112 valence electrons. The van der Waals surface area contributed by atoms with Crippen molar-refractivity contribution in [1.29, 1.82) is 0 Å². The Balaban J connectivity index is 1.54. The van der Waals surface area contributed by atoms with Gasteiger partial charge in [-0.25, -0.2) is 4.98 Å². The summed E-state index contributed by atoms with van der Waals surface area (Å²) in [6.07, 6.45) is 5.90. The van der Waals surface area contributed by atoms with E-state index in [-0.39, 0.29) is 5.91 Å². The number of amides is 1. The number of nitrogens with zero attached hydrogens (tertiary/aromatic N) is 1. The summed E-state index contributed by atoms with van der Waals surface area (Å²) in [5.41, 5.74) is 7.77. The number of nitrogens with two attached hydrogens (primary N) is 1. The number of hydrogen-bond acceptors (Lipinski definition) is 5. The van der Waals surface area contributed by atoms with E-state index < -0.39 is 0 Å². The van der Waals surface area contributed by atoms with Crippen LogP contribution in [0, 0.1) is 0 Å². The summed E-state index contributed by atoms with van der Waals surface area (Å²) >= 11 is 1.32. The van der Waals surface area contributed by atoms with Gasteiger partial charge >= 0.3 is 0 Å². The van der Waals surface area contributed by atoms with Crippen molar-refractivity contribution in [1.82, 2.24) is 10.3 Å². The minimum absolute atomic E-state index is 0.0497. The fourth-order valence-electron chi connectivity index (χ4n) is 2.63. The molecular weight excluding hydrogens is 286 g/mol. The number of thioether (sulfide) groups is 1. The summed E-state index contributed by atoms with van der Waals surface area (Å²) in [6, 6.07) is 5.69. The molecule has 0 aliphatic heterocycles. The Morgan fingerprint density at radius 2 is 2.19 bits per heavy atom. The predicted molar refractivity (Wildman–Crippen MR) is 84.2 cm³/mol. The molecule has 1 saturated carbocycles. The number of fused-ring (bicyclic) bond motifs is 1. The monoisotopic (exact) mass is 305 g/mol. The van der Waals surface area contributed by atoms with Crippen LogP contribution in [-0.2, 0) is 4.79 Å². The second-order valence-corrected chi connectivity index (χ2v) is 6.32. The molecule has 21 heavy (non-hydrogen) atoms. The van der Waals surface area contributed by atoms with Crippen molar-refractivity contribution >= 4 is 34.5 Å². The second-order valence-electron chi connectivity index (χ2n) is 5.40. The van der Waals surface area contributed by atoms with Crippen LogP contribution in [0.15, 0.2) is 27.8 Å². The number of carbonyl (C=O) groups is 1. The number of hydrogen-bond donors (Lipinski definition) is 2. The molecule has 1 aromatic heterocycles. The number of anilines is 1. The molecule has 0 saturated heterocycles. The molecule has 1 aliphatic carbocycles. The first-order valence-corrected chi connectivity index (χ1v) is 8.27. The lowest BCUT2D eigenvalue weighted by Crippen LogP contribution is -2.37. The van der Waals surface area contributed by atoms with Gasteiger partial charge in [-0.15, -0.1) is 0 Å². The van der Waals surface area contributed by atoms with Crippen LogP contribution < -0.4 is 11.1 Å². The van der Waals surface area contributed by atoms with Crippen LogP contribution in [0.3, 0.4) is 0 Å². The number of carbonyl (C=O) groups excluding carboxylic acids is 1. The van der Waals surface area contributed by atoms with Crippen LogP contribution in [0.1, 0.15) is 32.1 Å². The highest BCUT2D eigenvalue weighted by atomic mass is 32.2. The van der Waals surface area contributed by atoms with Gasteiger partial charge in [-0.05, 0) is 25.0 Å². The summed E-state index contributed by atoms with van der Waals surface area (Å²) in [6.45, 7) is 0. The maximum Gasteiger partial charge on any atom is 0.257 e. The maximum absolute atomic E-state index is 11.9. The number of oxazole rings is 1. The van der Waals surface area contributed by atoms with Gasteiger partial charge in [0, 0.05) is 17.8 Å². The van der Waals surface area contributed by atoms with Crippen LogP contribution in [0.5, 0.6) is 0 Å². The topological polar surface area (TPSA) is 81.1 Å². The van der Waals surface area contributed by atoms with Crippen molar-refractivity contribution in [2.75, 3.05) is 11.5 Å². The molecule has 1 heterocycles. The molecule has 1 fully saturated rings. The van der Waals surface area contributed by atoms with Gasteiger partial charge in [0.2, 0.25) is 5.91 Å². The normalized spacial score (nSPS) is 16.2. The molecule has 0 atom stereocenters. The summed E-state index contributed by atoms with van der Waals surface area (Å²) in [4.78, 5) is 16.3. The van der Waals surface area contributed by atoms with E-state index in [4.69, 9.17) is 10.2 Å². The Hall–Kier alpha value is -1.69. The van der Waals surface area contributed by atoms with Gasteiger partial charge in [0.15, 0.2) is 5.58 Å². The molecule has 1 aromatic carbocycles. The lowest BCUT2D eigenvalue weighted by Gasteiger charge is -2.22. The largest absolute Gasteiger partial charge is 0.431 e. The molecule has 1 amide bonds. The van der Waals surface area contributed by atoms with Crippen LogP contribution in [0.2, 0.25) is 0 Å². The molecule has 0 bridgehead atoms. The number of nitrogens with one attached hydrogen (secondary N) is 1. The van der Waals surface area contributed by atoms with E-state index in [9.17, 15) is 4.79 Å². The highest BCUT2D eigenvalue weighted by Crippen LogP contribution is 2.25. The maximum atomic E-state index is 11.9. The number of nitrogen functional groups attached to an aromatic ring is 1. The minimum atomic E-state index is 0.0497. The van der Waals surface area contributed by atoms with Crippen molar-refractivity contribution in [2.24, 2.45) is 0 Å². The fraction of sp³-hybridized carbons (Fsp3) is 0.467. The molecule has 0 spiro atoms. The SMILES string of the molecule is Nc1ccc2nc(SCC(=O)NC3CCCCC3)oc2c1. The van der Waals surface area contributed by atoms with Crippen molar-refractivity contribution in [3.8, 4) is 0 Å². The molecule has 5 nitrogen and oxygen atoms in total. The number of benzene rings is 1. The van der Waals surface area contributed by atoms with Crippen LogP contribution in [-0.4, -0.2) is 22.7 Å².